The van der Waals surface area contributed by atoms with Crippen LogP contribution in [-0.2, 0) is 13.1 Å². The summed E-state index contributed by atoms with van der Waals surface area (Å²) >= 11 is 0. The van der Waals surface area contributed by atoms with Crippen molar-refractivity contribution in [1.29, 1.82) is 0 Å². The maximum atomic E-state index is 11.4. The van der Waals surface area contributed by atoms with E-state index in [-0.39, 0.29) is 13.1 Å². The summed E-state index contributed by atoms with van der Waals surface area (Å²) in [6, 6.07) is 2.44. The fourth-order valence-electron chi connectivity index (χ4n) is 1.46. The number of rotatable bonds is 3. The van der Waals surface area contributed by atoms with Crippen molar-refractivity contribution in [2.24, 2.45) is 0 Å². The highest BCUT2D eigenvalue weighted by Crippen LogP contribution is 1.82. The molecule has 0 spiro atoms. The van der Waals surface area contributed by atoms with Crippen LogP contribution in [0.3, 0.4) is 0 Å². The third-order valence-electron chi connectivity index (χ3n) is 2.38. The third kappa shape index (κ3) is 2.54. The molecular weight excluding hydrogens is 240 g/mol. The summed E-state index contributed by atoms with van der Waals surface area (Å²) in [6.45, 7) is 0.420. The molecule has 2 heterocycles. The van der Waals surface area contributed by atoms with E-state index in [4.69, 9.17) is 0 Å². The highest BCUT2D eigenvalue weighted by atomic mass is 16.2. The molecule has 0 amide bonds. The second kappa shape index (κ2) is 4.70. The molecule has 8 heteroatoms. The van der Waals surface area contributed by atoms with Gasteiger partial charge >= 0.3 is 11.4 Å². The average Bonchev–Trinajstić information content (AvgIpc) is 2.30. The van der Waals surface area contributed by atoms with Crippen LogP contribution >= 0.6 is 0 Å². The number of aromatic nitrogens is 4. The van der Waals surface area contributed by atoms with E-state index < -0.39 is 22.5 Å². The SMILES string of the molecule is O=c1ccn(CCn2ccc(=O)[nH]c2=O)c(=O)[nH]1. The minimum atomic E-state index is -0.542. The van der Waals surface area contributed by atoms with Crippen LogP contribution in [-0.4, -0.2) is 19.1 Å². The predicted octanol–water partition coefficient (Wildman–Crippen LogP) is -1.91. The van der Waals surface area contributed by atoms with Gasteiger partial charge in [-0.1, -0.05) is 0 Å². The number of hydrogen-bond acceptors (Lipinski definition) is 4. The molecule has 0 saturated carbocycles. The third-order valence-corrected chi connectivity index (χ3v) is 2.38. The van der Waals surface area contributed by atoms with Crippen LogP contribution < -0.4 is 22.5 Å². The number of aromatic amines is 2. The first-order chi connectivity index (χ1) is 8.56. The Morgan fingerprint density at radius 3 is 1.50 bits per heavy atom. The van der Waals surface area contributed by atoms with Crippen molar-refractivity contribution >= 4 is 0 Å². The Labute approximate surface area is 99.2 Å². The standard InChI is InChI=1S/C10H10N4O4/c15-7-1-3-13(9(17)11-7)5-6-14-4-2-8(16)12-10(14)18/h1-4H,5-6H2,(H,11,15,17)(H,12,16,18). The van der Waals surface area contributed by atoms with E-state index in [2.05, 4.69) is 9.97 Å². The van der Waals surface area contributed by atoms with Crippen molar-refractivity contribution < 1.29 is 0 Å². The highest BCUT2D eigenvalue weighted by molar-refractivity contribution is 4.84. The van der Waals surface area contributed by atoms with Crippen molar-refractivity contribution in [2.75, 3.05) is 0 Å². The van der Waals surface area contributed by atoms with E-state index in [1.165, 1.54) is 33.7 Å². The summed E-state index contributed by atoms with van der Waals surface area (Å²) < 4.78 is 2.53. The Balaban J connectivity index is 2.21. The minimum Gasteiger partial charge on any atom is -0.299 e. The van der Waals surface area contributed by atoms with Crippen LogP contribution in [0.15, 0.2) is 43.7 Å². The molecule has 0 bridgehead atoms. The molecule has 0 saturated heterocycles. The molecule has 0 radical (unpaired) electrons. The van der Waals surface area contributed by atoms with Gasteiger partial charge in [0.2, 0.25) is 0 Å². The Morgan fingerprint density at radius 1 is 0.778 bits per heavy atom. The van der Waals surface area contributed by atoms with Gasteiger partial charge in [-0.3, -0.25) is 28.7 Å². The number of aryl methyl sites for hydroxylation is 2. The molecule has 0 aliphatic heterocycles. The van der Waals surface area contributed by atoms with E-state index in [9.17, 15) is 19.2 Å². The molecule has 0 unspecified atom stereocenters. The van der Waals surface area contributed by atoms with Gasteiger partial charge in [-0.25, -0.2) is 9.59 Å². The summed E-state index contributed by atoms with van der Waals surface area (Å²) in [7, 11) is 0. The number of nitrogens with zero attached hydrogens (tertiary/aromatic N) is 2. The quantitative estimate of drug-likeness (QED) is 0.662. The van der Waals surface area contributed by atoms with Gasteiger partial charge in [0.25, 0.3) is 11.1 Å². The summed E-state index contributed by atoms with van der Waals surface area (Å²) in [6.07, 6.45) is 2.69. The normalized spacial score (nSPS) is 10.4. The lowest BCUT2D eigenvalue weighted by Gasteiger charge is -2.06. The van der Waals surface area contributed by atoms with Crippen molar-refractivity contribution in [3.05, 3.63) is 66.2 Å². The topological polar surface area (TPSA) is 110 Å². The molecule has 8 nitrogen and oxygen atoms in total. The molecule has 18 heavy (non-hydrogen) atoms. The lowest BCUT2D eigenvalue weighted by Crippen LogP contribution is -2.33. The second-order valence-electron chi connectivity index (χ2n) is 3.61. The molecule has 2 aromatic heterocycles. The number of nitrogens with one attached hydrogen (secondary N) is 2. The first kappa shape index (κ1) is 11.8. The van der Waals surface area contributed by atoms with E-state index in [1.807, 2.05) is 0 Å². The molecule has 0 atom stereocenters. The molecule has 2 N–H and O–H groups in total. The maximum absolute atomic E-state index is 11.4. The maximum Gasteiger partial charge on any atom is 0.328 e. The van der Waals surface area contributed by atoms with Gasteiger partial charge in [-0.15, -0.1) is 0 Å². The molecule has 0 aliphatic carbocycles. The molecule has 2 rings (SSSR count). The van der Waals surface area contributed by atoms with Gasteiger partial charge in [0.1, 0.15) is 0 Å². The molecule has 94 valence electrons. The molecule has 0 aliphatic rings. The van der Waals surface area contributed by atoms with Crippen molar-refractivity contribution in [2.45, 2.75) is 13.1 Å². The monoisotopic (exact) mass is 250 g/mol. The Kier molecular flexibility index (Phi) is 3.09. The van der Waals surface area contributed by atoms with Crippen LogP contribution in [0.4, 0.5) is 0 Å². The second-order valence-corrected chi connectivity index (χ2v) is 3.61. The van der Waals surface area contributed by atoms with E-state index >= 15 is 0 Å². The van der Waals surface area contributed by atoms with Crippen LogP contribution in [0.25, 0.3) is 0 Å². The van der Waals surface area contributed by atoms with Crippen molar-refractivity contribution in [1.82, 2.24) is 19.1 Å². The van der Waals surface area contributed by atoms with Gasteiger partial charge in [-0.05, 0) is 0 Å². The van der Waals surface area contributed by atoms with Crippen LogP contribution in [0.5, 0.6) is 0 Å². The summed E-state index contributed by atoms with van der Waals surface area (Å²) in [5, 5.41) is 0. The minimum absolute atomic E-state index is 0.210. The number of hydrogen-bond donors (Lipinski definition) is 2. The molecule has 0 fully saturated rings. The lowest BCUT2D eigenvalue weighted by atomic mass is 10.5. The van der Waals surface area contributed by atoms with Gasteiger partial charge in [0, 0.05) is 37.6 Å². The Hall–Kier alpha value is -2.64. The Morgan fingerprint density at radius 2 is 1.17 bits per heavy atom. The highest BCUT2D eigenvalue weighted by Gasteiger charge is 1.99. The van der Waals surface area contributed by atoms with Gasteiger partial charge in [0.15, 0.2) is 0 Å². The Bertz CT molecular complexity index is 712. The molecule has 2 aromatic rings. The van der Waals surface area contributed by atoms with Crippen LogP contribution in [0, 0.1) is 0 Å². The zero-order valence-electron chi connectivity index (χ0n) is 9.25. The van der Waals surface area contributed by atoms with E-state index in [0.29, 0.717) is 0 Å². The van der Waals surface area contributed by atoms with E-state index in [0.717, 1.165) is 0 Å². The summed E-state index contributed by atoms with van der Waals surface area (Å²) in [4.78, 5) is 48.6. The van der Waals surface area contributed by atoms with Crippen LogP contribution in [0.2, 0.25) is 0 Å². The lowest BCUT2D eigenvalue weighted by molar-refractivity contribution is 0.533. The fourth-order valence-corrected chi connectivity index (χ4v) is 1.46. The van der Waals surface area contributed by atoms with Gasteiger partial charge < -0.3 is 0 Å². The fraction of sp³-hybridized carbons (Fsp3) is 0.200. The zero-order chi connectivity index (χ0) is 13.1. The first-order valence-corrected chi connectivity index (χ1v) is 5.16. The molecule has 0 aromatic carbocycles. The van der Waals surface area contributed by atoms with Crippen molar-refractivity contribution in [3.63, 3.8) is 0 Å². The molecular formula is C10H10N4O4. The van der Waals surface area contributed by atoms with Gasteiger partial charge in [-0.2, -0.15) is 0 Å². The largest absolute Gasteiger partial charge is 0.328 e. The smallest absolute Gasteiger partial charge is 0.299 e. The zero-order valence-corrected chi connectivity index (χ0v) is 9.25. The van der Waals surface area contributed by atoms with Crippen molar-refractivity contribution in [3.8, 4) is 0 Å². The van der Waals surface area contributed by atoms with Gasteiger partial charge in [0.05, 0.1) is 0 Å². The first-order valence-electron chi connectivity index (χ1n) is 5.16. The van der Waals surface area contributed by atoms with E-state index in [1.54, 1.807) is 0 Å². The van der Waals surface area contributed by atoms with Crippen LogP contribution in [0.1, 0.15) is 0 Å². The summed E-state index contributed by atoms with van der Waals surface area (Å²) in [5.74, 6) is 0. The summed E-state index contributed by atoms with van der Waals surface area (Å²) in [5.41, 5.74) is -2.03. The predicted molar refractivity (Wildman–Crippen MR) is 62.6 cm³/mol. The average molecular weight is 250 g/mol. The number of H-pyrrole nitrogens is 2.